The summed E-state index contributed by atoms with van der Waals surface area (Å²) in [4.78, 5) is 10.7. The molecule has 0 saturated carbocycles. The molecule has 0 aromatic carbocycles. The molecule has 0 aliphatic heterocycles. The van der Waals surface area contributed by atoms with Gasteiger partial charge in [0.15, 0.2) is 0 Å². The van der Waals surface area contributed by atoms with Gasteiger partial charge in [0.2, 0.25) is 0 Å². The van der Waals surface area contributed by atoms with Gasteiger partial charge >= 0.3 is 6.16 Å². The van der Waals surface area contributed by atoms with Crippen LogP contribution in [0.5, 0.6) is 0 Å². The molecule has 2 atom stereocenters. The van der Waals surface area contributed by atoms with Gasteiger partial charge in [0.25, 0.3) is 0 Å². The van der Waals surface area contributed by atoms with Crippen molar-refractivity contribution in [3.8, 4) is 0 Å². The molecule has 0 bridgehead atoms. The monoisotopic (exact) mass is 234 g/mol. The molecule has 96 valence electrons. The Morgan fingerprint density at radius 1 is 1.19 bits per heavy atom. The van der Waals surface area contributed by atoms with Crippen LogP contribution >= 0.6 is 0 Å². The molecule has 0 aromatic rings. The Bertz CT molecular complexity index is 183. The van der Waals surface area contributed by atoms with Crippen molar-refractivity contribution in [3.63, 3.8) is 0 Å². The zero-order chi connectivity index (χ0) is 12.4. The van der Waals surface area contributed by atoms with Crippen molar-refractivity contribution < 1.29 is 23.7 Å². The highest BCUT2D eigenvalue weighted by molar-refractivity contribution is 5.59. The average Bonchev–Trinajstić information content (AvgIpc) is 2.31. The van der Waals surface area contributed by atoms with Gasteiger partial charge in [0, 0.05) is 6.61 Å². The van der Waals surface area contributed by atoms with E-state index in [1.807, 2.05) is 20.8 Å². The summed E-state index contributed by atoms with van der Waals surface area (Å²) < 4.78 is 20.0. The highest BCUT2D eigenvalue weighted by Crippen LogP contribution is 2.02. The van der Waals surface area contributed by atoms with Crippen molar-refractivity contribution in [3.05, 3.63) is 0 Å². The molecule has 0 heterocycles. The van der Waals surface area contributed by atoms with E-state index >= 15 is 0 Å². The van der Waals surface area contributed by atoms with E-state index in [0.29, 0.717) is 13.2 Å². The van der Waals surface area contributed by atoms with Gasteiger partial charge in [0.05, 0.1) is 25.9 Å². The number of rotatable bonds is 8. The molecule has 16 heavy (non-hydrogen) atoms. The molecule has 0 rings (SSSR count). The summed E-state index contributed by atoms with van der Waals surface area (Å²) in [6, 6.07) is 0. The summed E-state index contributed by atoms with van der Waals surface area (Å²) in [5.74, 6) is 0. The van der Waals surface area contributed by atoms with Gasteiger partial charge in [-0.3, -0.25) is 0 Å². The van der Waals surface area contributed by atoms with Crippen molar-refractivity contribution >= 4 is 6.16 Å². The quantitative estimate of drug-likeness (QED) is 0.601. The van der Waals surface area contributed by atoms with Crippen LogP contribution in [-0.4, -0.2) is 45.3 Å². The van der Waals surface area contributed by atoms with Gasteiger partial charge in [-0.05, 0) is 20.3 Å². The lowest BCUT2D eigenvalue weighted by molar-refractivity contribution is -0.0567. The van der Waals surface area contributed by atoms with E-state index in [-0.39, 0.29) is 18.8 Å². The maximum atomic E-state index is 10.7. The van der Waals surface area contributed by atoms with Gasteiger partial charge < -0.3 is 18.9 Å². The Hall–Kier alpha value is -0.810. The topological polar surface area (TPSA) is 54.0 Å². The third-order valence-corrected chi connectivity index (χ3v) is 2.03. The highest BCUT2D eigenvalue weighted by atomic mass is 16.7. The van der Waals surface area contributed by atoms with E-state index in [9.17, 15) is 4.79 Å². The summed E-state index contributed by atoms with van der Waals surface area (Å²) in [6.07, 6.45) is 0.157. The van der Waals surface area contributed by atoms with Crippen molar-refractivity contribution in [2.24, 2.45) is 0 Å². The number of carbonyl (C=O) groups excluding carboxylic acids is 1. The van der Waals surface area contributed by atoms with Crippen molar-refractivity contribution in [2.45, 2.75) is 39.4 Å². The second kappa shape index (κ2) is 9.42. The molecule has 5 heteroatoms. The van der Waals surface area contributed by atoms with E-state index in [0.717, 1.165) is 6.42 Å². The van der Waals surface area contributed by atoms with Crippen LogP contribution in [0, 0.1) is 0 Å². The summed E-state index contributed by atoms with van der Waals surface area (Å²) in [6.45, 7) is 7.20. The van der Waals surface area contributed by atoms with Gasteiger partial charge in [-0.1, -0.05) is 6.92 Å². The summed E-state index contributed by atoms with van der Waals surface area (Å²) >= 11 is 0. The molecule has 0 N–H and O–H groups in total. The van der Waals surface area contributed by atoms with Crippen LogP contribution in [0.1, 0.15) is 27.2 Å². The molecule has 0 saturated heterocycles. The molecule has 0 fully saturated rings. The maximum Gasteiger partial charge on any atom is 0.508 e. The van der Waals surface area contributed by atoms with Crippen LogP contribution in [-0.2, 0) is 18.9 Å². The van der Waals surface area contributed by atoms with Crippen LogP contribution in [0.25, 0.3) is 0 Å². The SMILES string of the molecule is CCOC(CC)COC(C)COC(=O)OC. The first kappa shape index (κ1) is 15.2. The van der Waals surface area contributed by atoms with Crippen molar-refractivity contribution in [1.82, 2.24) is 0 Å². The van der Waals surface area contributed by atoms with E-state index in [2.05, 4.69) is 4.74 Å². The lowest BCUT2D eigenvalue weighted by atomic mass is 10.3. The number of ether oxygens (including phenoxy) is 4. The van der Waals surface area contributed by atoms with Gasteiger partial charge in [-0.15, -0.1) is 0 Å². The lowest BCUT2D eigenvalue weighted by Gasteiger charge is -2.18. The number of methoxy groups -OCH3 is 1. The lowest BCUT2D eigenvalue weighted by Crippen LogP contribution is -2.26. The second-order valence-corrected chi connectivity index (χ2v) is 3.39. The molecule has 0 aliphatic carbocycles. The molecule has 0 aromatic heterocycles. The predicted octanol–water partition coefficient (Wildman–Crippen LogP) is 1.99. The second-order valence-electron chi connectivity index (χ2n) is 3.39. The van der Waals surface area contributed by atoms with Crippen LogP contribution in [0.4, 0.5) is 4.79 Å². The van der Waals surface area contributed by atoms with E-state index < -0.39 is 6.16 Å². The summed E-state index contributed by atoms with van der Waals surface area (Å²) in [7, 11) is 1.27. The normalized spacial score (nSPS) is 14.2. The molecule has 2 unspecified atom stereocenters. The minimum atomic E-state index is -0.688. The average molecular weight is 234 g/mol. The standard InChI is InChI=1S/C11H22O5/c1-5-10(14-6-2)8-15-9(3)7-16-11(12)13-4/h9-10H,5-8H2,1-4H3. The fourth-order valence-electron chi connectivity index (χ4n) is 1.08. The van der Waals surface area contributed by atoms with E-state index in [1.54, 1.807) is 0 Å². The smallest absolute Gasteiger partial charge is 0.438 e. The summed E-state index contributed by atoms with van der Waals surface area (Å²) in [5.41, 5.74) is 0. The fourth-order valence-corrected chi connectivity index (χ4v) is 1.08. The minimum absolute atomic E-state index is 0.102. The molecular weight excluding hydrogens is 212 g/mol. The van der Waals surface area contributed by atoms with E-state index in [1.165, 1.54) is 7.11 Å². The Morgan fingerprint density at radius 3 is 2.38 bits per heavy atom. The Morgan fingerprint density at radius 2 is 1.88 bits per heavy atom. The number of hydrogen-bond acceptors (Lipinski definition) is 5. The van der Waals surface area contributed by atoms with Crippen molar-refractivity contribution in [2.75, 3.05) is 26.9 Å². The zero-order valence-corrected chi connectivity index (χ0v) is 10.5. The fraction of sp³-hybridized carbons (Fsp3) is 0.909. The third-order valence-electron chi connectivity index (χ3n) is 2.03. The largest absolute Gasteiger partial charge is 0.508 e. The van der Waals surface area contributed by atoms with E-state index in [4.69, 9.17) is 14.2 Å². The molecule has 0 amide bonds. The number of hydrogen-bond donors (Lipinski definition) is 0. The molecule has 0 aliphatic rings. The first-order valence-corrected chi connectivity index (χ1v) is 5.57. The molecule has 5 nitrogen and oxygen atoms in total. The predicted molar refractivity (Wildman–Crippen MR) is 59.5 cm³/mol. The highest BCUT2D eigenvalue weighted by Gasteiger charge is 2.11. The Labute approximate surface area is 97.0 Å². The van der Waals surface area contributed by atoms with Crippen LogP contribution < -0.4 is 0 Å². The van der Waals surface area contributed by atoms with Gasteiger partial charge in [0.1, 0.15) is 6.61 Å². The number of carbonyl (C=O) groups is 1. The molecular formula is C11H22O5. The van der Waals surface area contributed by atoms with Crippen molar-refractivity contribution in [1.29, 1.82) is 0 Å². The Balaban J connectivity index is 3.62. The Kier molecular flexibility index (Phi) is 8.94. The first-order valence-electron chi connectivity index (χ1n) is 5.57. The van der Waals surface area contributed by atoms with Crippen LogP contribution in [0.15, 0.2) is 0 Å². The minimum Gasteiger partial charge on any atom is -0.438 e. The van der Waals surface area contributed by atoms with Gasteiger partial charge in [-0.25, -0.2) is 4.79 Å². The van der Waals surface area contributed by atoms with Crippen LogP contribution in [0.2, 0.25) is 0 Å². The third kappa shape index (κ3) is 7.48. The summed E-state index contributed by atoms with van der Waals surface area (Å²) in [5, 5.41) is 0. The molecule has 0 spiro atoms. The van der Waals surface area contributed by atoms with Crippen LogP contribution in [0.3, 0.4) is 0 Å². The first-order chi connectivity index (χ1) is 7.63. The molecule has 0 radical (unpaired) electrons. The van der Waals surface area contributed by atoms with Gasteiger partial charge in [-0.2, -0.15) is 0 Å². The zero-order valence-electron chi connectivity index (χ0n) is 10.5. The maximum absolute atomic E-state index is 10.7.